The Morgan fingerprint density at radius 2 is 1.96 bits per heavy atom. The molecular weight excluding hydrogens is 310 g/mol. The highest BCUT2D eigenvalue weighted by atomic mass is 16.5. The van der Waals surface area contributed by atoms with Gasteiger partial charge < -0.3 is 9.64 Å². The van der Waals surface area contributed by atoms with E-state index < -0.39 is 0 Å². The minimum Gasteiger partial charge on any atom is -0.492 e. The van der Waals surface area contributed by atoms with E-state index in [0.717, 1.165) is 37.1 Å². The van der Waals surface area contributed by atoms with Crippen molar-refractivity contribution in [3.05, 3.63) is 64.7 Å². The standard InChI is InChI=1S/C22H25NO2/c1-15-9-10-17(12-16(15)2)20-7-5-11-23(20)22(24)19-13-18-6-3-4-8-21(18)25-14-19/h3-4,6,8-10,12,19-20H,5,7,11,13-14H2,1-2H3. The van der Waals surface area contributed by atoms with E-state index in [9.17, 15) is 4.79 Å². The van der Waals surface area contributed by atoms with Gasteiger partial charge in [-0.15, -0.1) is 0 Å². The van der Waals surface area contributed by atoms with Crippen molar-refractivity contribution >= 4 is 5.91 Å². The van der Waals surface area contributed by atoms with Gasteiger partial charge in [0.05, 0.1) is 12.0 Å². The van der Waals surface area contributed by atoms with Crippen LogP contribution < -0.4 is 4.74 Å². The molecule has 2 unspecified atom stereocenters. The van der Waals surface area contributed by atoms with Crippen LogP contribution in [0.5, 0.6) is 5.75 Å². The number of aryl methyl sites for hydroxylation is 2. The minimum absolute atomic E-state index is 0.0676. The Hall–Kier alpha value is -2.29. The maximum atomic E-state index is 13.2. The van der Waals surface area contributed by atoms with Crippen molar-refractivity contribution in [3.63, 3.8) is 0 Å². The summed E-state index contributed by atoms with van der Waals surface area (Å²) in [6.07, 6.45) is 2.91. The van der Waals surface area contributed by atoms with Crippen molar-refractivity contribution in [2.75, 3.05) is 13.2 Å². The lowest BCUT2D eigenvalue weighted by molar-refractivity contribution is -0.137. The zero-order valence-corrected chi connectivity index (χ0v) is 15.0. The number of carbonyl (C=O) groups is 1. The van der Waals surface area contributed by atoms with Crippen molar-refractivity contribution in [3.8, 4) is 5.75 Å². The maximum Gasteiger partial charge on any atom is 0.229 e. The molecule has 2 atom stereocenters. The van der Waals surface area contributed by atoms with Gasteiger partial charge in [-0.3, -0.25) is 4.79 Å². The summed E-state index contributed by atoms with van der Waals surface area (Å²) >= 11 is 0. The van der Waals surface area contributed by atoms with Crippen LogP contribution in [0.4, 0.5) is 0 Å². The molecule has 0 bridgehead atoms. The van der Waals surface area contributed by atoms with Crippen LogP contribution in [0.2, 0.25) is 0 Å². The summed E-state index contributed by atoms with van der Waals surface area (Å²) in [6, 6.07) is 14.9. The largest absolute Gasteiger partial charge is 0.492 e. The van der Waals surface area contributed by atoms with E-state index in [0.29, 0.717) is 6.61 Å². The molecule has 1 saturated heterocycles. The summed E-state index contributed by atoms with van der Waals surface area (Å²) in [5, 5.41) is 0. The average molecular weight is 335 g/mol. The van der Waals surface area contributed by atoms with Crippen LogP contribution in [-0.4, -0.2) is 24.0 Å². The Morgan fingerprint density at radius 1 is 1.12 bits per heavy atom. The molecule has 130 valence electrons. The van der Waals surface area contributed by atoms with Gasteiger partial charge >= 0.3 is 0 Å². The Morgan fingerprint density at radius 3 is 2.80 bits per heavy atom. The van der Waals surface area contributed by atoms with Gasteiger partial charge in [0.2, 0.25) is 5.91 Å². The molecular formula is C22H25NO2. The lowest BCUT2D eigenvalue weighted by Crippen LogP contribution is -2.40. The second-order valence-corrected chi connectivity index (χ2v) is 7.35. The highest BCUT2D eigenvalue weighted by Gasteiger charge is 2.36. The number of likely N-dealkylation sites (tertiary alicyclic amines) is 1. The van der Waals surface area contributed by atoms with Crippen molar-refractivity contribution < 1.29 is 9.53 Å². The molecule has 1 amide bonds. The maximum absolute atomic E-state index is 13.2. The molecule has 4 rings (SSSR count). The molecule has 0 N–H and O–H groups in total. The van der Waals surface area contributed by atoms with Crippen LogP contribution in [-0.2, 0) is 11.2 Å². The minimum atomic E-state index is -0.0676. The van der Waals surface area contributed by atoms with Gasteiger partial charge in [-0.25, -0.2) is 0 Å². The third kappa shape index (κ3) is 3.04. The monoisotopic (exact) mass is 335 g/mol. The van der Waals surface area contributed by atoms with E-state index in [1.54, 1.807) is 0 Å². The van der Waals surface area contributed by atoms with Crippen molar-refractivity contribution in [1.82, 2.24) is 4.90 Å². The number of nitrogens with zero attached hydrogens (tertiary/aromatic N) is 1. The van der Waals surface area contributed by atoms with E-state index in [1.807, 2.05) is 18.2 Å². The highest BCUT2D eigenvalue weighted by molar-refractivity contribution is 5.80. The third-order valence-electron chi connectivity index (χ3n) is 5.68. The predicted molar refractivity (Wildman–Crippen MR) is 98.7 cm³/mol. The number of amides is 1. The summed E-state index contributed by atoms with van der Waals surface area (Å²) in [6.45, 7) is 5.62. The van der Waals surface area contributed by atoms with Crippen molar-refractivity contribution in [2.24, 2.45) is 5.92 Å². The molecule has 0 aliphatic carbocycles. The molecule has 0 radical (unpaired) electrons. The van der Waals surface area contributed by atoms with E-state index in [1.165, 1.54) is 16.7 Å². The molecule has 2 heterocycles. The smallest absolute Gasteiger partial charge is 0.229 e. The molecule has 2 aromatic carbocycles. The summed E-state index contributed by atoms with van der Waals surface area (Å²) in [7, 11) is 0. The van der Waals surface area contributed by atoms with Gasteiger partial charge in [0.1, 0.15) is 12.4 Å². The highest BCUT2D eigenvalue weighted by Crippen LogP contribution is 2.36. The lowest BCUT2D eigenvalue weighted by Gasteiger charge is -2.32. The van der Waals surface area contributed by atoms with Crippen LogP contribution in [0.3, 0.4) is 0 Å². The van der Waals surface area contributed by atoms with Crippen LogP contribution in [0.1, 0.15) is 41.1 Å². The first-order valence-corrected chi connectivity index (χ1v) is 9.22. The number of carbonyl (C=O) groups excluding carboxylic acids is 1. The SMILES string of the molecule is Cc1ccc(C2CCCN2C(=O)C2COc3ccccc3C2)cc1C. The number of hydrogen-bond donors (Lipinski definition) is 0. The number of benzene rings is 2. The number of rotatable bonds is 2. The molecule has 2 aliphatic heterocycles. The normalized spacial score (nSPS) is 22.4. The molecule has 1 fully saturated rings. The summed E-state index contributed by atoms with van der Waals surface area (Å²) in [5.74, 6) is 1.11. The molecule has 25 heavy (non-hydrogen) atoms. The molecule has 0 saturated carbocycles. The van der Waals surface area contributed by atoms with Gasteiger partial charge in [-0.2, -0.15) is 0 Å². The van der Waals surface area contributed by atoms with Crippen molar-refractivity contribution in [2.45, 2.75) is 39.2 Å². The summed E-state index contributed by atoms with van der Waals surface area (Å²) in [5.41, 5.74) is 5.02. The Kier molecular flexibility index (Phi) is 4.24. The fraction of sp³-hybridized carbons (Fsp3) is 0.409. The Bertz CT molecular complexity index is 798. The van der Waals surface area contributed by atoms with Crippen LogP contribution >= 0.6 is 0 Å². The lowest BCUT2D eigenvalue weighted by atomic mass is 9.94. The second kappa shape index (κ2) is 6.55. The average Bonchev–Trinajstić information content (AvgIpc) is 3.12. The van der Waals surface area contributed by atoms with Crippen LogP contribution in [0.15, 0.2) is 42.5 Å². The van der Waals surface area contributed by atoms with E-state index in [-0.39, 0.29) is 17.9 Å². The first kappa shape index (κ1) is 16.2. The molecule has 2 aliphatic rings. The molecule has 2 aromatic rings. The van der Waals surface area contributed by atoms with Gasteiger partial charge in [-0.05, 0) is 61.4 Å². The fourth-order valence-corrected chi connectivity index (χ4v) is 4.07. The fourth-order valence-electron chi connectivity index (χ4n) is 4.07. The Labute approximate surface area is 149 Å². The molecule has 0 aromatic heterocycles. The van der Waals surface area contributed by atoms with Gasteiger partial charge in [-0.1, -0.05) is 36.4 Å². The predicted octanol–water partition coefficient (Wildman–Crippen LogP) is 4.22. The molecule has 0 spiro atoms. The zero-order chi connectivity index (χ0) is 17.4. The van der Waals surface area contributed by atoms with E-state index in [2.05, 4.69) is 43.0 Å². The number of fused-ring (bicyclic) bond motifs is 1. The molecule has 3 heteroatoms. The first-order chi connectivity index (χ1) is 12.1. The van der Waals surface area contributed by atoms with Gasteiger partial charge in [0, 0.05) is 6.54 Å². The van der Waals surface area contributed by atoms with Crippen molar-refractivity contribution in [1.29, 1.82) is 0 Å². The third-order valence-corrected chi connectivity index (χ3v) is 5.68. The molecule has 3 nitrogen and oxygen atoms in total. The van der Waals surface area contributed by atoms with Crippen LogP contribution in [0.25, 0.3) is 0 Å². The first-order valence-electron chi connectivity index (χ1n) is 9.22. The zero-order valence-electron chi connectivity index (χ0n) is 15.0. The number of para-hydroxylation sites is 1. The van der Waals surface area contributed by atoms with E-state index in [4.69, 9.17) is 4.74 Å². The second-order valence-electron chi connectivity index (χ2n) is 7.35. The number of hydrogen-bond acceptors (Lipinski definition) is 2. The summed E-state index contributed by atoms with van der Waals surface area (Å²) < 4.78 is 5.85. The van der Waals surface area contributed by atoms with E-state index >= 15 is 0 Å². The topological polar surface area (TPSA) is 29.5 Å². The van der Waals surface area contributed by atoms with Gasteiger partial charge in [0.25, 0.3) is 0 Å². The Balaban J connectivity index is 1.54. The number of ether oxygens (including phenoxy) is 1. The van der Waals surface area contributed by atoms with Gasteiger partial charge in [0.15, 0.2) is 0 Å². The summed E-state index contributed by atoms with van der Waals surface area (Å²) in [4.78, 5) is 15.3. The van der Waals surface area contributed by atoms with Crippen LogP contribution in [0, 0.1) is 19.8 Å². The quantitative estimate of drug-likeness (QED) is 0.822.